The summed E-state index contributed by atoms with van der Waals surface area (Å²) in [5, 5.41) is 0. The van der Waals surface area contributed by atoms with Gasteiger partial charge in [0, 0.05) is 12.7 Å². The Hall–Kier alpha value is -0.990. The van der Waals surface area contributed by atoms with Crippen LogP contribution in [0, 0.1) is 12.8 Å². The van der Waals surface area contributed by atoms with Gasteiger partial charge in [-0.05, 0) is 12.8 Å². The second-order valence-electron chi connectivity index (χ2n) is 3.29. The third-order valence-electron chi connectivity index (χ3n) is 1.49. The summed E-state index contributed by atoms with van der Waals surface area (Å²) in [5.41, 5.74) is 6.63. The fourth-order valence-electron chi connectivity index (χ4n) is 1.11. The number of hydrogen-bond donors (Lipinski definition) is 1. The molecular weight excluding hydrogens is 138 g/mol. The van der Waals surface area contributed by atoms with Crippen molar-refractivity contribution in [2.24, 2.45) is 5.92 Å². The summed E-state index contributed by atoms with van der Waals surface area (Å²) < 4.78 is 1.99. The molecule has 0 saturated heterocycles. The van der Waals surface area contributed by atoms with Gasteiger partial charge >= 0.3 is 0 Å². The Kier molecular flexibility index (Phi) is 2.17. The maximum Gasteiger partial charge on any atom is 0.200 e. The van der Waals surface area contributed by atoms with Crippen LogP contribution in [-0.2, 0) is 6.54 Å². The topological polar surface area (TPSA) is 43.8 Å². The highest BCUT2D eigenvalue weighted by atomic mass is 15.1. The van der Waals surface area contributed by atoms with Crippen molar-refractivity contribution in [1.82, 2.24) is 9.55 Å². The molecule has 0 aliphatic heterocycles. The van der Waals surface area contributed by atoms with E-state index in [0.29, 0.717) is 11.9 Å². The van der Waals surface area contributed by atoms with Gasteiger partial charge < -0.3 is 10.3 Å². The van der Waals surface area contributed by atoms with E-state index in [4.69, 9.17) is 5.73 Å². The quantitative estimate of drug-likeness (QED) is 0.698. The maximum atomic E-state index is 5.64. The molecule has 0 aliphatic carbocycles. The van der Waals surface area contributed by atoms with E-state index < -0.39 is 0 Å². The Morgan fingerprint density at radius 2 is 2.27 bits per heavy atom. The SMILES string of the molecule is Cc1cn(CC(C)C)c(N)n1. The molecule has 0 aromatic carbocycles. The van der Waals surface area contributed by atoms with Crippen LogP contribution in [-0.4, -0.2) is 9.55 Å². The lowest BCUT2D eigenvalue weighted by molar-refractivity contribution is 0.528. The predicted octanol–water partition coefficient (Wildman–Crippen LogP) is 1.43. The van der Waals surface area contributed by atoms with Crippen LogP contribution in [0.2, 0.25) is 0 Å². The van der Waals surface area contributed by atoms with Crippen LogP contribution in [0.25, 0.3) is 0 Å². The van der Waals surface area contributed by atoms with E-state index in [9.17, 15) is 0 Å². The van der Waals surface area contributed by atoms with Gasteiger partial charge in [-0.1, -0.05) is 13.8 Å². The van der Waals surface area contributed by atoms with E-state index in [1.165, 1.54) is 0 Å². The van der Waals surface area contributed by atoms with Crippen molar-refractivity contribution in [1.29, 1.82) is 0 Å². The molecule has 1 heterocycles. The van der Waals surface area contributed by atoms with E-state index in [-0.39, 0.29) is 0 Å². The van der Waals surface area contributed by atoms with Gasteiger partial charge in [-0.15, -0.1) is 0 Å². The highest BCUT2D eigenvalue weighted by Crippen LogP contribution is 2.07. The zero-order valence-corrected chi connectivity index (χ0v) is 7.33. The molecule has 0 aliphatic rings. The molecule has 2 N–H and O–H groups in total. The summed E-state index contributed by atoms with van der Waals surface area (Å²) in [5.74, 6) is 1.24. The number of rotatable bonds is 2. The number of anilines is 1. The minimum atomic E-state index is 0.617. The lowest BCUT2D eigenvalue weighted by atomic mass is 10.2. The van der Waals surface area contributed by atoms with Crippen molar-refractivity contribution in [3.8, 4) is 0 Å². The van der Waals surface area contributed by atoms with Gasteiger partial charge in [0.15, 0.2) is 5.95 Å². The molecule has 0 atom stereocenters. The van der Waals surface area contributed by atoms with Gasteiger partial charge in [-0.3, -0.25) is 0 Å². The van der Waals surface area contributed by atoms with Gasteiger partial charge in [0.25, 0.3) is 0 Å². The lowest BCUT2D eigenvalue weighted by Gasteiger charge is -2.06. The number of nitrogens with two attached hydrogens (primary N) is 1. The Morgan fingerprint density at radius 3 is 2.64 bits per heavy atom. The molecule has 1 aromatic heterocycles. The molecule has 62 valence electrons. The second-order valence-corrected chi connectivity index (χ2v) is 3.29. The van der Waals surface area contributed by atoms with Gasteiger partial charge in [-0.2, -0.15) is 0 Å². The van der Waals surface area contributed by atoms with Crippen molar-refractivity contribution < 1.29 is 0 Å². The summed E-state index contributed by atoms with van der Waals surface area (Å²) in [6.45, 7) is 7.23. The smallest absolute Gasteiger partial charge is 0.200 e. The summed E-state index contributed by atoms with van der Waals surface area (Å²) in [6.07, 6.45) is 1.98. The third kappa shape index (κ3) is 1.97. The number of aromatic nitrogens is 2. The van der Waals surface area contributed by atoms with E-state index in [1.54, 1.807) is 0 Å². The first-order chi connectivity index (χ1) is 5.09. The minimum absolute atomic E-state index is 0.617. The Labute approximate surface area is 67.2 Å². The molecule has 0 spiro atoms. The molecule has 0 saturated carbocycles. The van der Waals surface area contributed by atoms with Crippen molar-refractivity contribution in [3.63, 3.8) is 0 Å². The standard InChI is InChI=1S/C8H15N3/c1-6(2)4-11-5-7(3)10-8(11)9/h5-6H,4H2,1-3H3,(H2,9,10). The molecule has 3 nitrogen and oxygen atoms in total. The van der Waals surface area contributed by atoms with E-state index in [2.05, 4.69) is 18.8 Å². The average molecular weight is 153 g/mol. The largest absolute Gasteiger partial charge is 0.369 e. The summed E-state index contributed by atoms with van der Waals surface area (Å²) in [4.78, 5) is 4.10. The average Bonchev–Trinajstić information content (AvgIpc) is 2.09. The van der Waals surface area contributed by atoms with Crippen molar-refractivity contribution in [2.75, 3.05) is 5.73 Å². The Bertz CT molecular complexity index is 237. The minimum Gasteiger partial charge on any atom is -0.369 e. The van der Waals surface area contributed by atoms with Gasteiger partial charge in [0.05, 0.1) is 5.69 Å². The third-order valence-corrected chi connectivity index (χ3v) is 1.49. The van der Waals surface area contributed by atoms with Crippen LogP contribution >= 0.6 is 0 Å². The van der Waals surface area contributed by atoms with Crippen LogP contribution in [0.1, 0.15) is 19.5 Å². The normalized spacial score (nSPS) is 10.9. The van der Waals surface area contributed by atoms with Crippen LogP contribution in [0.4, 0.5) is 5.95 Å². The summed E-state index contributed by atoms with van der Waals surface area (Å²) >= 11 is 0. The molecule has 3 heteroatoms. The molecule has 0 fully saturated rings. The molecule has 0 bridgehead atoms. The summed E-state index contributed by atoms with van der Waals surface area (Å²) in [7, 11) is 0. The highest BCUT2D eigenvalue weighted by molar-refractivity contribution is 5.20. The van der Waals surface area contributed by atoms with E-state index >= 15 is 0 Å². The predicted molar refractivity (Wildman–Crippen MR) is 46.2 cm³/mol. The zero-order valence-electron chi connectivity index (χ0n) is 7.33. The number of aryl methyl sites for hydroxylation is 1. The molecule has 0 amide bonds. The molecule has 1 rings (SSSR count). The molecule has 0 unspecified atom stereocenters. The second kappa shape index (κ2) is 2.95. The first-order valence-corrected chi connectivity index (χ1v) is 3.89. The number of imidazole rings is 1. The maximum absolute atomic E-state index is 5.64. The zero-order chi connectivity index (χ0) is 8.43. The first kappa shape index (κ1) is 8.11. The Balaban J connectivity index is 2.77. The van der Waals surface area contributed by atoms with E-state index in [1.807, 2.05) is 17.7 Å². The lowest BCUT2D eigenvalue weighted by Crippen LogP contribution is -2.06. The van der Waals surface area contributed by atoms with Gasteiger partial charge in [0.2, 0.25) is 0 Å². The molecule has 11 heavy (non-hydrogen) atoms. The first-order valence-electron chi connectivity index (χ1n) is 3.89. The van der Waals surface area contributed by atoms with Gasteiger partial charge in [0.1, 0.15) is 0 Å². The fourth-order valence-corrected chi connectivity index (χ4v) is 1.11. The number of nitrogens with zero attached hydrogens (tertiary/aromatic N) is 2. The van der Waals surface area contributed by atoms with Crippen LogP contribution in [0.5, 0.6) is 0 Å². The highest BCUT2D eigenvalue weighted by Gasteiger charge is 2.02. The fraction of sp³-hybridized carbons (Fsp3) is 0.625. The summed E-state index contributed by atoms with van der Waals surface area (Å²) in [6, 6.07) is 0. The van der Waals surface area contributed by atoms with Crippen LogP contribution in [0.3, 0.4) is 0 Å². The monoisotopic (exact) mass is 153 g/mol. The molecule has 1 aromatic rings. The number of hydrogen-bond acceptors (Lipinski definition) is 2. The molecule has 0 radical (unpaired) electrons. The van der Waals surface area contributed by atoms with Crippen molar-refractivity contribution >= 4 is 5.95 Å². The van der Waals surface area contributed by atoms with Crippen molar-refractivity contribution in [3.05, 3.63) is 11.9 Å². The van der Waals surface area contributed by atoms with Gasteiger partial charge in [-0.25, -0.2) is 4.98 Å². The van der Waals surface area contributed by atoms with E-state index in [0.717, 1.165) is 12.2 Å². The number of nitrogen functional groups attached to an aromatic ring is 1. The van der Waals surface area contributed by atoms with Crippen molar-refractivity contribution in [2.45, 2.75) is 27.3 Å². The Morgan fingerprint density at radius 1 is 1.64 bits per heavy atom. The molecular formula is C8H15N3. The van der Waals surface area contributed by atoms with Crippen LogP contribution in [0.15, 0.2) is 6.20 Å². The van der Waals surface area contributed by atoms with Crippen LogP contribution < -0.4 is 5.73 Å².